The molecule has 0 saturated heterocycles. The summed E-state index contributed by atoms with van der Waals surface area (Å²) in [4.78, 5) is 28.0. The van der Waals surface area contributed by atoms with Crippen molar-refractivity contribution in [3.63, 3.8) is 0 Å². The Morgan fingerprint density at radius 1 is 0.920 bits per heavy atom. The maximum Gasteiger partial charge on any atom is 0.362 e. The Bertz CT molecular complexity index is 879. The van der Waals surface area contributed by atoms with E-state index in [1.54, 1.807) is 66.7 Å². The molecule has 0 fully saturated rings. The zero-order valence-electron chi connectivity index (χ0n) is 13.0. The molecule has 3 rings (SSSR count). The zero-order valence-corrected chi connectivity index (χ0v) is 13.7. The number of hydrogen-bond acceptors (Lipinski definition) is 4. The lowest BCUT2D eigenvalue weighted by molar-refractivity contribution is 0.0728. The number of amides is 1. The van der Waals surface area contributed by atoms with E-state index in [1.807, 2.05) is 0 Å². The summed E-state index contributed by atoms with van der Waals surface area (Å²) in [6.45, 7) is 0. The number of carbonyl (C=O) groups excluding carboxylic acids is 2. The minimum atomic E-state index is -0.543. The molecular formula is C19H13ClN2O3. The molecule has 3 aromatic rings. The van der Waals surface area contributed by atoms with Crippen molar-refractivity contribution < 1.29 is 14.3 Å². The molecule has 5 nitrogen and oxygen atoms in total. The van der Waals surface area contributed by atoms with E-state index in [4.69, 9.17) is 16.3 Å². The summed E-state index contributed by atoms with van der Waals surface area (Å²) in [5.74, 6) is -0.436. The van der Waals surface area contributed by atoms with Gasteiger partial charge in [-0.3, -0.25) is 4.79 Å². The van der Waals surface area contributed by atoms with E-state index < -0.39 is 5.97 Å². The van der Waals surface area contributed by atoms with Crippen LogP contribution in [0.5, 0.6) is 5.75 Å². The average molecular weight is 353 g/mol. The molecule has 0 saturated carbocycles. The van der Waals surface area contributed by atoms with E-state index in [-0.39, 0.29) is 11.6 Å². The van der Waals surface area contributed by atoms with Gasteiger partial charge in [0, 0.05) is 22.5 Å². The van der Waals surface area contributed by atoms with E-state index in [2.05, 4.69) is 10.3 Å². The van der Waals surface area contributed by atoms with Gasteiger partial charge in [0.05, 0.1) is 0 Å². The van der Waals surface area contributed by atoms with Crippen LogP contribution in [-0.4, -0.2) is 16.9 Å². The number of anilines is 1. The Hall–Kier alpha value is -3.18. The molecule has 1 heterocycles. The lowest BCUT2D eigenvalue weighted by Crippen LogP contribution is -2.12. The van der Waals surface area contributed by atoms with E-state index >= 15 is 0 Å². The molecule has 0 unspecified atom stereocenters. The smallest absolute Gasteiger partial charge is 0.362 e. The summed E-state index contributed by atoms with van der Waals surface area (Å²) in [7, 11) is 0. The normalized spacial score (nSPS) is 10.1. The number of rotatable bonds is 4. The summed E-state index contributed by atoms with van der Waals surface area (Å²) in [6.07, 6.45) is 1.52. The van der Waals surface area contributed by atoms with Crippen LogP contribution < -0.4 is 10.1 Å². The molecule has 0 aliphatic heterocycles. The number of benzene rings is 2. The Balaban J connectivity index is 1.63. The number of esters is 1. The fourth-order valence-corrected chi connectivity index (χ4v) is 2.18. The van der Waals surface area contributed by atoms with E-state index in [9.17, 15) is 9.59 Å². The minimum absolute atomic E-state index is 0.225. The summed E-state index contributed by atoms with van der Waals surface area (Å²) in [6, 6.07) is 18.1. The van der Waals surface area contributed by atoms with Gasteiger partial charge in [0.25, 0.3) is 5.91 Å². The summed E-state index contributed by atoms with van der Waals surface area (Å²) in [5, 5.41) is 3.32. The molecule has 0 aliphatic carbocycles. The number of halogens is 1. The van der Waals surface area contributed by atoms with Crippen LogP contribution in [0.3, 0.4) is 0 Å². The monoisotopic (exact) mass is 352 g/mol. The molecular weight excluding hydrogens is 340 g/mol. The Labute approximate surface area is 149 Å². The Morgan fingerprint density at radius 3 is 2.28 bits per heavy atom. The zero-order chi connectivity index (χ0) is 17.6. The second-order valence-electron chi connectivity index (χ2n) is 5.09. The summed E-state index contributed by atoms with van der Waals surface area (Å²) >= 11 is 5.80. The molecule has 0 bridgehead atoms. The topological polar surface area (TPSA) is 68.3 Å². The minimum Gasteiger partial charge on any atom is -0.422 e. The summed E-state index contributed by atoms with van der Waals surface area (Å²) in [5.41, 5.74) is 1.30. The van der Waals surface area contributed by atoms with Crippen molar-refractivity contribution >= 4 is 29.2 Å². The van der Waals surface area contributed by atoms with Gasteiger partial charge in [-0.2, -0.15) is 0 Å². The van der Waals surface area contributed by atoms with Crippen molar-refractivity contribution in [2.75, 3.05) is 5.32 Å². The van der Waals surface area contributed by atoms with Gasteiger partial charge in [0.1, 0.15) is 11.4 Å². The number of carbonyl (C=O) groups is 2. The highest BCUT2D eigenvalue weighted by molar-refractivity contribution is 6.30. The highest BCUT2D eigenvalue weighted by atomic mass is 35.5. The quantitative estimate of drug-likeness (QED) is 0.564. The molecule has 2 aromatic carbocycles. The van der Waals surface area contributed by atoms with Gasteiger partial charge in [-0.1, -0.05) is 17.7 Å². The number of nitrogens with zero attached hydrogens (tertiary/aromatic N) is 1. The molecule has 0 atom stereocenters. The lowest BCUT2D eigenvalue weighted by atomic mass is 10.2. The van der Waals surface area contributed by atoms with Gasteiger partial charge in [-0.25, -0.2) is 9.78 Å². The largest absolute Gasteiger partial charge is 0.422 e. The standard InChI is InChI=1S/C19H13ClN2O3/c20-14-6-4-13(5-7-14)18(23)22-15-8-10-16(11-9-15)25-19(24)17-3-1-2-12-21-17/h1-12H,(H,22,23). The second kappa shape index (κ2) is 7.59. The predicted octanol–water partition coefficient (Wildman–Crippen LogP) is 4.21. The van der Waals surface area contributed by atoms with Crippen LogP contribution in [0, 0.1) is 0 Å². The third kappa shape index (κ3) is 4.43. The van der Waals surface area contributed by atoms with Crippen molar-refractivity contribution in [2.45, 2.75) is 0 Å². The van der Waals surface area contributed by atoms with Gasteiger partial charge < -0.3 is 10.1 Å². The summed E-state index contributed by atoms with van der Waals surface area (Å²) < 4.78 is 5.23. The van der Waals surface area contributed by atoms with Gasteiger partial charge in [0.2, 0.25) is 0 Å². The first-order chi connectivity index (χ1) is 12.1. The first kappa shape index (κ1) is 16.7. The number of aromatic nitrogens is 1. The van der Waals surface area contributed by atoms with Crippen LogP contribution in [0.1, 0.15) is 20.8 Å². The van der Waals surface area contributed by atoms with Gasteiger partial charge >= 0.3 is 5.97 Å². The molecule has 0 radical (unpaired) electrons. The molecule has 25 heavy (non-hydrogen) atoms. The molecule has 1 N–H and O–H groups in total. The van der Waals surface area contributed by atoms with Gasteiger partial charge in [0.15, 0.2) is 0 Å². The van der Waals surface area contributed by atoms with E-state index in [0.29, 0.717) is 22.0 Å². The predicted molar refractivity (Wildman–Crippen MR) is 95.0 cm³/mol. The number of hydrogen-bond donors (Lipinski definition) is 1. The molecule has 124 valence electrons. The first-order valence-electron chi connectivity index (χ1n) is 7.42. The highest BCUT2D eigenvalue weighted by Crippen LogP contribution is 2.18. The maximum atomic E-state index is 12.1. The molecule has 0 spiro atoms. The molecule has 1 aromatic heterocycles. The van der Waals surface area contributed by atoms with Crippen molar-refractivity contribution in [2.24, 2.45) is 0 Å². The van der Waals surface area contributed by atoms with Crippen LogP contribution in [-0.2, 0) is 0 Å². The fourth-order valence-electron chi connectivity index (χ4n) is 2.05. The third-order valence-corrected chi connectivity index (χ3v) is 3.56. The SMILES string of the molecule is O=C(Nc1ccc(OC(=O)c2ccccn2)cc1)c1ccc(Cl)cc1. The van der Waals surface area contributed by atoms with Crippen molar-refractivity contribution in [1.29, 1.82) is 0 Å². The molecule has 0 aliphatic rings. The molecule has 1 amide bonds. The average Bonchev–Trinajstić information content (AvgIpc) is 2.64. The number of ether oxygens (including phenoxy) is 1. The fraction of sp³-hybridized carbons (Fsp3) is 0. The van der Waals surface area contributed by atoms with Gasteiger partial charge in [-0.05, 0) is 60.7 Å². The Morgan fingerprint density at radius 2 is 1.64 bits per heavy atom. The highest BCUT2D eigenvalue weighted by Gasteiger charge is 2.10. The van der Waals surface area contributed by atoms with E-state index in [1.165, 1.54) is 6.20 Å². The van der Waals surface area contributed by atoms with Crippen LogP contribution in [0.15, 0.2) is 72.9 Å². The van der Waals surface area contributed by atoms with Crippen molar-refractivity contribution in [3.05, 3.63) is 89.2 Å². The van der Waals surface area contributed by atoms with Crippen LogP contribution in [0.2, 0.25) is 5.02 Å². The maximum absolute atomic E-state index is 12.1. The second-order valence-corrected chi connectivity index (χ2v) is 5.53. The Kier molecular flexibility index (Phi) is 5.06. The molecule has 6 heteroatoms. The lowest BCUT2D eigenvalue weighted by Gasteiger charge is -2.07. The first-order valence-corrected chi connectivity index (χ1v) is 7.80. The number of pyridine rings is 1. The number of nitrogens with one attached hydrogen (secondary N) is 1. The van der Waals surface area contributed by atoms with Crippen molar-refractivity contribution in [3.8, 4) is 5.75 Å². The van der Waals surface area contributed by atoms with Crippen molar-refractivity contribution in [1.82, 2.24) is 4.98 Å². The van der Waals surface area contributed by atoms with Crippen LogP contribution in [0.4, 0.5) is 5.69 Å². The van der Waals surface area contributed by atoms with E-state index in [0.717, 1.165) is 0 Å². The van der Waals surface area contributed by atoms with Crippen LogP contribution in [0.25, 0.3) is 0 Å². The van der Waals surface area contributed by atoms with Crippen LogP contribution >= 0.6 is 11.6 Å². The van der Waals surface area contributed by atoms with Gasteiger partial charge in [-0.15, -0.1) is 0 Å². The third-order valence-electron chi connectivity index (χ3n) is 3.30.